The number of halogens is 1. The smallest absolute Gasteiger partial charge is 0.407 e. The van der Waals surface area contributed by atoms with Crippen LogP contribution in [0.4, 0.5) is 14.0 Å². The lowest BCUT2D eigenvalue weighted by Crippen LogP contribution is -2.54. The van der Waals surface area contributed by atoms with Crippen LogP contribution in [0, 0.1) is 17.7 Å². The van der Waals surface area contributed by atoms with Crippen LogP contribution in [0.2, 0.25) is 0 Å². The number of likely N-dealkylation sites (tertiary alicyclic amines) is 2. The first-order chi connectivity index (χ1) is 35.4. The number of nitrogens with one attached hydrogen (secondary N) is 4. The second-order valence-corrected chi connectivity index (χ2v) is 22.1. The molecule has 0 bridgehead atoms. The van der Waals surface area contributed by atoms with Gasteiger partial charge in [-0.25, -0.2) is 23.9 Å². The first kappa shape index (κ1) is 55.1. The number of carbonyl (C=O) groups excluding carboxylic acids is 4. The number of methoxy groups -OCH3 is 2. The highest BCUT2D eigenvalue weighted by molar-refractivity contribution is 7.59. The summed E-state index contributed by atoms with van der Waals surface area (Å²) < 4.78 is 41.9. The number of nitrogens with zero attached hydrogens (tertiary/aromatic N) is 5. The number of H-pyrrole nitrogens is 2. The molecule has 4 amide bonds. The van der Waals surface area contributed by atoms with Crippen LogP contribution in [-0.2, 0) is 23.8 Å². The minimum Gasteiger partial charge on any atom is -0.464 e. The van der Waals surface area contributed by atoms with E-state index in [-0.39, 0.29) is 81.8 Å². The molecule has 3 saturated heterocycles. The van der Waals surface area contributed by atoms with Gasteiger partial charge in [-0.05, 0) is 124 Å². The molecule has 0 radical (unpaired) electrons. The monoisotopic (exact) mass is 1120 g/mol. The van der Waals surface area contributed by atoms with Gasteiger partial charge in [-0.3, -0.25) is 14.2 Å². The van der Waals surface area contributed by atoms with Crippen LogP contribution in [0.25, 0.3) is 44.7 Å². The third kappa shape index (κ3) is 10.2. The summed E-state index contributed by atoms with van der Waals surface area (Å²) in [7, 11) is 2.59. The van der Waals surface area contributed by atoms with E-state index < -0.39 is 36.3 Å². The summed E-state index contributed by atoms with van der Waals surface area (Å²) >= 11 is 1.73. The van der Waals surface area contributed by atoms with Gasteiger partial charge in [-0.15, -0.1) is 11.3 Å². The first-order valence-corrected chi connectivity index (χ1v) is 26.5. The van der Waals surface area contributed by atoms with E-state index in [1.54, 1.807) is 28.6 Å². The predicted octanol–water partition coefficient (Wildman–Crippen LogP) is 9.84. The number of thiophene rings is 1. The number of fused-ring (bicyclic) bond motifs is 5. The molecule has 22 heteroatoms. The summed E-state index contributed by atoms with van der Waals surface area (Å²) in [5.74, 6) is 1.18. The molecule has 6 aromatic rings. The molecule has 8 heterocycles. The number of imidazole rings is 2. The van der Waals surface area contributed by atoms with E-state index in [0.717, 1.165) is 65.6 Å². The molecule has 2 saturated carbocycles. The Morgan fingerprint density at radius 2 is 1.43 bits per heavy atom. The number of aromatic amines is 2. The largest absolute Gasteiger partial charge is 0.464 e. The molecule has 2 aromatic carbocycles. The number of aromatic nitrogens is 5. The Hall–Kier alpha value is -5.68. The topological polar surface area (TPSA) is 198 Å². The van der Waals surface area contributed by atoms with Gasteiger partial charge < -0.3 is 49.3 Å². The van der Waals surface area contributed by atoms with Crippen LogP contribution < -0.4 is 15.4 Å². The molecule has 4 N–H and O–H groups in total. The zero-order valence-corrected chi connectivity index (χ0v) is 46.7. The Morgan fingerprint density at radius 1 is 0.789 bits per heavy atom. The van der Waals surface area contributed by atoms with Gasteiger partial charge >= 0.3 is 12.2 Å². The number of ether oxygens (including phenoxy) is 4. The molecule has 76 heavy (non-hydrogen) atoms. The highest BCUT2D eigenvalue weighted by atomic mass is 32.1. The Kier molecular flexibility index (Phi) is 15.9. The Balaban J connectivity index is 0.00000235. The van der Waals surface area contributed by atoms with Gasteiger partial charge in [-0.2, -0.15) is 40.5 Å². The number of alkyl carbamates (subject to hydrolysis) is 2. The van der Waals surface area contributed by atoms with Gasteiger partial charge in [0.05, 0.1) is 77.3 Å². The highest BCUT2D eigenvalue weighted by Crippen LogP contribution is 2.51. The summed E-state index contributed by atoms with van der Waals surface area (Å²) in [6.45, 7) is 5.37. The van der Waals surface area contributed by atoms with E-state index in [4.69, 9.17) is 28.9 Å². The van der Waals surface area contributed by atoms with Crippen molar-refractivity contribution in [3.05, 3.63) is 88.1 Å². The molecule has 2 aliphatic carbocycles. The molecule has 5 fully saturated rings. The van der Waals surface area contributed by atoms with E-state index >= 15 is 4.39 Å². The van der Waals surface area contributed by atoms with E-state index in [1.807, 2.05) is 43.0 Å². The Labute approximate surface area is 465 Å². The third-order valence-corrected chi connectivity index (χ3v) is 17.2. The molecule has 1 spiro atoms. The fraction of sp³-hybridized carbons (Fsp3) is 0.481. The zero-order chi connectivity index (χ0) is 50.3. The van der Waals surface area contributed by atoms with Crippen molar-refractivity contribution in [3.63, 3.8) is 0 Å². The van der Waals surface area contributed by atoms with Gasteiger partial charge in [-0.1, -0.05) is 19.9 Å². The molecule has 12 rings (SSSR count). The molecule has 6 atom stereocenters. The van der Waals surface area contributed by atoms with Gasteiger partial charge in [0.2, 0.25) is 18.0 Å². The molecular formula is C54H66FN9O8S4. The lowest BCUT2D eigenvalue weighted by molar-refractivity contribution is -0.138. The van der Waals surface area contributed by atoms with Gasteiger partial charge in [0.25, 0.3) is 0 Å². The average molecular weight is 1120 g/mol. The van der Waals surface area contributed by atoms with Crippen molar-refractivity contribution in [2.75, 3.05) is 33.9 Å². The average Bonchev–Trinajstić information content (AvgIpc) is 3.93. The summed E-state index contributed by atoms with van der Waals surface area (Å²) in [5.41, 5.74) is 4.54. The predicted molar refractivity (Wildman–Crippen MR) is 300 cm³/mol. The molecule has 6 aliphatic rings. The van der Waals surface area contributed by atoms with E-state index in [1.165, 1.54) is 38.0 Å². The minimum absolute atomic E-state index is 0. The van der Waals surface area contributed by atoms with Gasteiger partial charge in [0.15, 0.2) is 0 Å². The van der Waals surface area contributed by atoms with Crippen molar-refractivity contribution >= 4 is 86.7 Å². The number of hydrogen-bond acceptors (Lipinski definition) is 11. The summed E-state index contributed by atoms with van der Waals surface area (Å²) in [4.78, 5) is 75.5. The molecule has 4 aliphatic heterocycles. The second kappa shape index (κ2) is 22.0. The maximum absolute atomic E-state index is 17.0. The SMILES string of the molecule is COC(=O)NC(C(=O)N1CCC[C@H]1c1ncc(-c2ccc3c(c2)cc2n3C(c3ccc(C4CC4)s3)Oc3cc(-c4cnc([C@@H]5CCCN5C(=O)[C@@H](NC(=O)OC)C(C)C)[nH]4)cc(F)c3-2)[nH]1)C1CCOC2(CC2)C1.S.S.S. The summed E-state index contributed by atoms with van der Waals surface area (Å²) in [6, 6.07) is 13.7. The Bertz CT molecular complexity index is 3150. The zero-order valence-electron chi connectivity index (χ0n) is 42.9. The van der Waals surface area contributed by atoms with Crippen LogP contribution in [0.15, 0.2) is 60.9 Å². The summed E-state index contributed by atoms with van der Waals surface area (Å²) in [5, 5.41) is 6.48. The van der Waals surface area contributed by atoms with Gasteiger partial charge in [0.1, 0.15) is 35.3 Å². The van der Waals surface area contributed by atoms with Crippen molar-refractivity contribution in [1.82, 2.24) is 44.9 Å². The van der Waals surface area contributed by atoms with Crippen LogP contribution in [-0.4, -0.2) is 110 Å². The van der Waals surface area contributed by atoms with Crippen LogP contribution >= 0.6 is 51.8 Å². The van der Waals surface area contributed by atoms with Crippen LogP contribution in [0.1, 0.15) is 124 Å². The molecule has 3 unspecified atom stereocenters. The van der Waals surface area contributed by atoms with Crippen molar-refractivity contribution in [1.29, 1.82) is 0 Å². The Morgan fingerprint density at radius 3 is 2.08 bits per heavy atom. The fourth-order valence-corrected chi connectivity index (χ4v) is 13.0. The van der Waals surface area contributed by atoms with E-state index in [0.29, 0.717) is 78.4 Å². The van der Waals surface area contributed by atoms with E-state index in [2.05, 4.69) is 43.4 Å². The van der Waals surface area contributed by atoms with Crippen molar-refractivity contribution in [2.24, 2.45) is 11.8 Å². The maximum Gasteiger partial charge on any atom is 0.407 e. The lowest BCUT2D eigenvalue weighted by Gasteiger charge is -2.37. The molecule has 17 nitrogen and oxygen atoms in total. The van der Waals surface area contributed by atoms with Crippen molar-refractivity contribution in [2.45, 2.75) is 120 Å². The number of benzene rings is 2. The normalized spacial score (nSPS) is 21.8. The van der Waals surface area contributed by atoms with Crippen molar-refractivity contribution < 1.29 is 42.5 Å². The highest BCUT2D eigenvalue weighted by Gasteiger charge is 2.51. The maximum atomic E-state index is 17.0. The third-order valence-electron chi connectivity index (χ3n) is 15.9. The van der Waals surface area contributed by atoms with Crippen molar-refractivity contribution in [3.8, 4) is 39.5 Å². The number of hydrogen-bond donors (Lipinski definition) is 4. The number of carbonyl (C=O) groups is 4. The van der Waals surface area contributed by atoms with Crippen LogP contribution in [0.5, 0.6) is 5.75 Å². The van der Waals surface area contributed by atoms with E-state index in [9.17, 15) is 19.2 Å². The van der Waals surface area contributed by atoms with Gasteiger partial charge in [0, 0.05) is 41.1 Å². The first-order valence-electron chi connectivity index (χ1n) is 25.7. The number of amides is 4. The minimum atomic E-state index is -0.770. The van der Waals surface area contributed by atoms with Crippen LogP contribution in [0.3, 0.4) is 0 Å². The number of rotatable bonds is 12. The quantitative estimate of drug-likeness (QED) is 0.0915. The second-order valence-electron chi connectivity index (χ2n) is 21.0. The molecule has 4 aromatic heterocycles. The summed E-state index contributed by atoms with van der Waals surface area (Å²) in [6.07, 6.45) is 10.3. The fourth-order valence-electron chi connectivity index (χ4n) is 11.8. The molecule has 406 valence electrons. The standard InChI is InChI=1S/C54H60FN9O8S.3H2S/c1-28(2)45(60-52(67)69-3)49(65)62-18-5-7-38(62)48-57-27-36(59-48)32-22-34(55)44-40-23-33-21-30(11-12-37(33)64(40)51(72-41(44)24-32)43-14-13-42(73-43)29-9-10-29)35-26-56-47(58-35)39-8-6-19-63(39)50(66)46(61-53(68)70-4)31-15-20-71-54(25-31)16-17-54;;;/h11-14,21-24,26-29,31,38-39,45-46,51H,5-10,15-20,25H2,1-4H3,(H,56,58)(H,57,59)(H,60,67)(H,61,68);3*1H2/t31?,38-,39-,45-,46?,51?;;;/m0.../s1. The molecular weight excluding hydrogens is 1050 g/mol. The lowest BCUT2D eigenvalue weighted by atomic mass is 9.86.